The lowest BCUT2D eigenvalue weighted by molar-refractivity contribution is -0.136. The van der Waals surface area contributed by atoms with Crippen molar-refractivity contribution >= 4 is 45.2 Å². The lowest BCUT2D eigenvalue weighted by atomic mass is 9.94. The number of carbonyl (C=O) groups excluding carboxylic acids is 4. The Morgan fingerprint density at radius 1 is 1.00 bits per heavy atom. The Morgan fingerprint density at radius 3 is 2.39 bits per heavy atom. The van der Waals surface area contributed by atoms with E-state index in [1.165, 1.54) is 6.42 Å². The number of amides is 4. The summed E-state index contributed by atoms with van der Waals surface area (Å²) >= 11 is 3.50. The summed E-state index contributed by atoms with van der Waals surface area (Å²) in [5.41, 5.74) is 1.60. The molecule has 3 heterocycles. The standard InChI is InChI=1S/C20H22BrN3O4/c21-8-5-12-6-9-23(10-7-12)13-1-2-14-15(11-13)20(28)24(19(14)27)16-3-4-17(25)22-18(16)26/h1-2,11-12,16H,3-10H2,(H,22,25,26). The number of piperidine rings is 2. The molecule has 2 fully saturated rings. The molecule has 1 atom stereocenters. The topological polar surface area (TPSA) is 86.8 Å². The summed E-state index contributed by atoms with van der Waals surface area (Å²) in [5, 5.41) is 3.23. The summed E-state index contributed by atoms with van der Waals surface area (Å²) in [7, 11) is 0. The highest BCUT2D eigenvalue weighted by Crippen LogP contribution is 2.32. The van der Waals surface area contributed by atoms with E-state index >= 15 is 0 Å². The van der Waals surface area contributed by atoms with Crippen LogP contribution in [-0.4, -0.2) is 53.0 Å². The van der Waals surface area contributed by atoms with E-state index in [1.54, 1.807) is 12.1 Å². The Kier molecular flexibility index (Phi) is 5.23. The van der Waals surface area contributed by atoms with Gasteiger partial charge in [-0.3, -0.25) is 29.4 Å². The number of anilines is 1. The van der Waals surface area contributed by atoms with Gasteiger partial charge in [0.25, 0.3) is 11.8 Å². The van der Waals surface area contributed by atoms with Crippen LogP contribution >= 0.6 is 15.9 Å². The molecule has 4 rings (SSSR count). The number of hydrogen-bond acceptors (Lipinski definition) is 5. The summed E-state index contributed by atoms with van der Waals surface area (Å²) in [6, 6.07) is 4.41. The van der Waals surface area contributed by atoms with Gasteiger partial charge in [0.1, 0.15) is 6.04 Å². The maximum atomic E-state index is 12.9. The van der Waals surface area contributed by atoms with Crippen LogP contribution in [0.25, 0.3) is 0 Å². The highest BCUT2D eigenvalue weighted by atomic mass is 79.9. The second kappa shape index (κ2) is 7.66. The molecule has 1 aromatic carbocycles. The normalized spacial score (nSPS) is 23.2. The molecule has 0 aliphatic carbocycles. The van der Waals surface area contributed by atoms with E-state index in [9.17, 15) is 19.2 Å². The molecule has 3 aliphatic heterocycles. The van der Waals surface area contributed by atoms with Crippen molar-refractivity contribution in [3.8, 4) is 0 Å². The maximum Gasteiger partial charge on any atom is 0.262 e. The third-order valence-corrected chi connectivity index (χ3v) is 6.38. The van der Waals surface area contributed by atoms with Gasteiger partial charge in [0.05, 0.1) is 11.1 Å². The molecule has 1 unspecified atom stereocenters. The van der Waals surface area contributed by atoms with Gasteiger partial charge in [-0.25, -0.2) is 0 Å². The van der Waals surface area contributed by atoms with Gasteiger partial charge in [-0.15, -0.1) is 0 Å². The molecular formula is C20H22BrN3O4. The number of hydrogen-bond donors (Lipinski definition) is 1. The first kappa shape index (κ1) is 19.1. The van der Waals surface area contributed by atoms with E-state index in [4.69, 9.17) is 0 Å². The summed E-state index contributed by atoms with van der Waals surface area (Å²) < 4.78 is 0. The van der Waals surface area contributed by atoms with Crippen molar-refractivity contribution in [2.75, 3.05) is 23.3 Å². The molecule has 7 nitrogen and oxygen atoms in total. The Hall–Kier alpha value is -2.22. The quantitative estimate of drug-likeness (QED) is 0.563. The van der Waals surface area contributed by atoms with E-state index in [1.807, 2.05) is 6.07 Å². The molecule has 0 radical (unpaired) electrons. The van der Waals surface area contributed by atoms with E-state index in [2.05, 4.69) is 26.1 Å². The largest absolute Gasteiger partial charge is 0.371 e. The highest BCUT2D eigenvalue weighted by molar-refractivity contribution is 9.09. The van der Waals surface area contributed by atoms with Crippen LogP contribution in [0.3, 0.4) is 0 Å². The molecule has 1 N–H and O–H groups in total. The van der Waals surface area contributed by atoms with Gasteiger partial charge in [-0.1, -0.05) is 15.9 Å². The first-order chi connectivity index (χ1) is 13.5. The molecule has 28 heavy (non-hydrogen) atoms. The molecule has 4 amide bonds. The van der Waals surface area contributed by atoms with Crippen molar-refractivity contribution in [3.63, 3.8) is 0 Å². The van der Waals surface area contributed by atoms with Crippen LogP contribution < -0.4 is 10.2 Å². The third-order valence-electron chi connectivity index (χ3n) is 5.92. The van der Waals surface area contributed by atoms with Crippen molar-refractivity contribution in [1.82, 2.24) is 10.2 Å². The third kappa shape index (κ3) is 3.34. The summed E-state index contributed by atoms with van der Waals surface area (Å²) in [6.45, 7) is 1.85. The minimum Gasteiger partial charge on any atom is -0.371 e. The fourth-order valence-corrected chi connectivity index (χ4v) is 4.94. The van der Waals surface area contributed by atoms with Crippen LogP contribution in [0.15, 0.2) is 18.2 Å². The Morgan fingerprint density at radius 2 is 1.71 bits per heavy atom. The molecule has 0 saturated carbocycles. The molecule has 148 valence electrons. The molecule has 0 bridgehead atoms. The number of imide groups is 2. The molecular weight excluding hydrogens is 426 g/mol. The van der Waals surface area contributed by atoms with Crippen LogP contribution in [0, 0.1) is 5.92 Å². The van der Waals surface area contributed by atoms with E-state index in [-0.39, 0.29) is 18.7 Å². The summed E-state index contributed by atoms with van der Waals surface area (Å²) in [5.74, 6) is -1.15. The number of benzene rings is 1. The minimum atomic E-state index is -0.923. The number of carbonyl (C=O) groups is 4. The summed E-state index contributed by atoms with van der Waals surface area (Å²) in [6.07, 6.45) is 3.68. The van der Waals surface area contributed by atoms with Crippen LogP contribution in [0.2, 0.25) is 0 Å². The van der Waals surface area contributed by atoms with E-state index < -0.39 is 23.8 Å². The number of nitrogens with one attached hydrogen (secondary N) is 1. The van der Waals surface area contributed by atoms with Gasteiger partial charge in [0.15, 0.2) is 0 Å². The zero-order chi connectivity index (χ0) is 19.8. The van der Waals surface area contributed by atoms with Crippen molar-refractivity contribution in [2.24, 2.45) is 5.92 Å². The van der Waals surface area contributed by atoms with E-state index in [0.29, 0.717) is 11.1 Å². The Bertz CT molecular complexity index is 848. The highest BCUT2D eigenvalue weighted by Gasteiger charge is 2.44. The molecule has 8 heteroatoms. The van der Waals surface area contributed by atoms with Crippen LogP contribution in [-0.2, 0) is 9.59 Å². The molecule has 2 saturated heterocycles. The van der Waals surface area contributed by atoms with Crippen LogP contribution in [0.1, 0.15) is 52.8 Å². The average Bonchev–Trinajstić information content (AvgIpc) is 2.93. The fraction of sp³-hybridized carbons (Fsp3) is 0.500. The minimum absolute atomic E-state index is 0.123. The Labute approximate surface area is 171 Å². The number of alkyl halides is 1. The lowest BCUT2D eigenvalue weighted by Gasteiger charge is -2.33. The summed E-state index contributed by atoms with van der Waals surface area (Å²) in [4.78, 5) is 52.5. The van der Waals surface area contributed by atoms with Gasteiger partial charge >= 0.3 is 0 Å². The fourth-order valence-electron chi connectivity index (χ4n) is 4.29. The molecule has 0 aromatic heterocycles. The molecule has 0 spiro atoms. The second-order valence-electron chi connectivity index (χ2n) is 7.59. The zero-order valence-corrected chi connectivity index (χ0v) is 17.0. The number of rotatable bonds is 4. The lowest BCUT2D eigenvalue weighted by Crippen LogP contribution is -2.54. The molecule has 1 aromatic rings. The SMILES string of the molecule is O=C1CCC(N2C(=O)c3ccc(N4CCC(CCBr)CC4)cc3C2=O)C(=O)N1. The van der Waals surface area contributed by atoms with Gasteiger partial charge in [-0.05, 0) is 49.8 Å². The first-order valence-corrected chi connectivity index (χ1v) is 10.8. The van der Waals surface area contributed by atoms with Gasteiger partial charge in [-0.2, -0.15) is 0 Å². The number of nitrogens with zero attached hydrogens (tertiary/aromatic N) is 2. The average molecular weight is 448 g/mol. The van der Waals surface area contributed by atoms with Gasteiger partial charge in [0, 0.05) is 30.5 Å². The smallest absolute Gasteiger partial charge is 0.262 e. The van der Waals surface area contributed by atoms with E-state index in [0.717, 1.165) is 47.8 Å². The first-order valence-electron chi connectivity index (χ1n) is 9.66. The van der Waals surface area contributed by atoms with Crippen molar-refractivity contribution in [2.45, 2.75) is 38.1 Å². The number of fused-ring (bicyclic) bond motifs is 1. The van der Waals surface area contributed by atoms with Crippen LogP contribution in [0.4, 0.5) is 5.69 Å². The van der Waals surface area contributed by atoms with Crippen molar-refractivity contribution < 1.29 is 19.2 Å². The number of halogens is 1. The predicted molar refractivity (Wildman–Crippen MR) is 106 cm³/mol. The monoisotopic (exact) mass is 447 g/mol. The van der Waals surface area contributed by atoms with Gasteiger partial charge < -0.3 is 4.90 Å². The van der Waals surface area contributed by atoms with Crippen molar-refractivity contribution in [3.05, 3.63) is 29.3 Å². The predicted octanol–water partition coefficient (Wildman–Crippen LogP) is 2.09. The zero-order valence-electron chi connectivity index (χ0n) is 15.4. The van der Waals surface area contributed by atoms with Crippen molar-refractivity contribution in [1.29, 1.82) is 0 Å². The molecule has 3 aliphatic rings. The van der Waals surface area contributed by atoms with Gasteiger partial charge in [0.2, 0.25) is 11.8 Å². The second-order valence-corrected chi connectivity index (χ2v) is 8.38. The Balaban J connectivity index is 1.53. The maximum absolute atomic E-state index is 12.9. The van der Waals surface area contributed by atoms with Crippen LogP contribution in [0.5, 0.6) is 0 Å².